The zero-order valence-corrected chi connectivity index (χ0v) is 18.4. The van der Waals surface area contributed by atoms with Gasteiger partial charge in [-0.3, -0.25) is 0 Å². The topological polar surface area (TPSA) is 9.23 Å². The molecule has 1 saturated carbocycles. The molecular weight excluding hydrogens is 390 g/mol. The highest BCUT2D eigenvalue weighted by molar-refractivity contribution is 5.48. The molecule has 31 heavy (non-hydrogen) atoms. The second-order valence-corrected chi connectivity index (χ2v) is 9.15. The second kappa shape index (κ2) is 10.3. The van der Waals surface area contributed by atoms with Gasteiger partial charge in [-0.15, -0.1) is 0 Å². The van der Waals surface area contributed by atoms with Gasteiger partial charge in [-0.05, 0) is 97.4 Å². The molecule has 0 spiro atoms. The van der Waals surface area contributed by atoms with Gasteiger partial charge in [0.1, 0.15) is 5.75 Å². The Kier molecular flexibility index (Phi) is 7.28. The Hall–Kier alpha value is -2.34. The fourth-order valence-electron chi connectivity index (χ4n) is 5.50. The van der Waals surface area contributed by atoms with Crippen molar-refractivity contribution in [2.24, 2.45) is 11.8 Å². The molecule has 0 amide bonds. The van der Waals surface area contributed by atoms with Gasteiger partial charge in [0, 0.05) is 11.1 Å². The van der Waals surface area contributed by atoms with Crippen LogP contribution in [0.4, 0.5) is 8.78 Å². The van der Waals surface area contributed by atoms with Crippen LogP contribution in [0.2, 0.25) is 0 Å². The molecule has 3 atom stereocenters. The van der Waals surface area contributed by atoms with Crippen LogP contribution >= 0.6 is 0 Å². The van der Waals surface area contributed by atoms with Gasteiger partial charge in [-0.25, -0.2) is 0 Å². The lowest BCUT2D eigenvalue weighted by molar-refractivity contribution is -0.0498. The van der Waals surface area contributed by atoms with Crippen LogP contribution in [0.25, 0.3) is 0 Å². The Labute approximate surface area is 185 Å². The Morgan fingerprint density at radius 1 is 0.968 bits per heavy atom. The minimum Gasteiger partial charge on any atom is -0.435 e. The Bertz CT molecular complexity index is 922. The van der Waals surface area contributed by atoms with Crippen LogP contribution < -0.4 is 4.74 Å². The van der Waals surface area contributed by atoms with Gasteiger partial charge in [0.25, 0.3) is 0 Å². The number of halogens is 2. The first-order chi connectivity index (χ1) is 15.1. The Morgan fingerprint density at radius 3 is 2.52 bits per heavy atom. The van der Waals surface area contributed by atoms with Crippen molar-refractivity contribution in [3.63, 3.8) is 0 Å². The summed E-state index contributed by atoms with van der Waals surface area (Å²) in [4.78, 5) is 0. The lowest BCUT2D eigenvalue weighted by atomic mass is 9.64. The first-order valence-corrected chi connectivity index (χ1v) is 11.8. The maximum absolute atomic E-state index is 12.3. The highest BCUT2D eigenvalue weighted by atomic mass is 19.3. The third-order valence-electron chi connectivity index (χ3n) is 7.06. The number of alkyl halides is 2. The van der Waals surface area contributed by atoms with Crippen molar-refractivity contribution in [1.82, 2.24) is 0 Å². The van der Waals surface area contributed by atoms with Crippen molar-refractivity contribution in [2.75, 3.05) is 0 Å². The normalized spacial score (nSPS) is 22.3. The highest BCUT2D eigenvalue weighted by Crippen LogP contribution is 2.48. The maximum atomic E-state index is 12.3. The van der Waals surface area contributed by atoms with Crippen molar-refractivity contribution >= 4 is 0 Å². The van der Waals surface area contributed by atoms with E-state index in [-0.39, 0.29) is 5.75 Å². The van der Waals surface area contributed by atoms with Crippen molar-refractivity contribution in [3.05, 3.63) is 64.7 Å². The first-order valence-electron chi connectivity index (χ1n) is 11.8. The van der Waals surface area contributed by atoms with Crippen LogP contribution in [0.5, 0.6) is 5.75 Å². The molecule has 2 aliphatic rings. The predicted octanol–water partition coefficient (Wildman–Crippen LogP) is 7.71. The van der Waals surface area contributed by atoms with E-state index >= 15 is 0 Å². The summed E-state index contributed by atoms with van der Waals surface area (Å²) in [5, 5.41) is 0. The number of unbranched alkanes of at least 4 members (excludes halogenated alkanes) is 2. The van der Waals surface area contributed by atoms with Gasteiger partial charge in [-0.2, -0.15) is 8.78 Å². The fraction of sp³-hybridized carbons (Fsp3) is 0.500. The molecule has 0 N–H and O–H groups in total. The Balaban J connectivity index is 1.40. The molecule has 3 unspecified atom stereocenters. The molecule has 164 valence electrons. The van der Waals surface area contributed by atoms with E-state index in [9.17, 15) is 8.78 Å². The summed E-state index contributed by atoms with van der Waals surface area (Å²) in [6, 6.07) is 13.2. The third kappa shape index (κ3) is 5.67. The van der Waals surface area contributed by atoms with Gasteiger partial charge in [-0.1, -0.05) is 50.5 Å². The van der Waals surface area contributed by atoms with E-state index in [0.717, 1.165) is 35.3 Å². The van der Waals surface area contributed by atoms with Crippen LogP contribution in [-0.4, -0.2) is 6.61 Å². The number of hydrogen-bond donors (Lipinski definition) is 0. The molecule has 2 aromatic carbocycles. The minimum absolute atomic E-state index is 0.156. The molecule has 0 saturated heterocycles. The van der Waals surface area contributed by atoms with Crippen molar-refractivity contribution < 1.29 is 13.5 Å². The number of aryl methyl sites for hydroxylation is 1. The number of hydrogen-bond acceptors (Lipinski definition) is 1. The summed E-state index contributed by atoms with van der Waals surface area (Å²) in [5.41, 5.74) is 4.85. The molecule has 0 aromatic heterocycles. The van der Waals surface area contributed by atoms with Crippen LogP contribution in [0, 0.1) is 23.7 Å². The number of benzene rings is 2. The SMILES string of the molecule is CCCCCC1CCC2c3ccc(C#Cc4ccc(OC(F)F)cc4)cc3CCC2C1. The van der Waals surface area contributed by atoms with Gasteiger partial charge in [0.15, 0.2) is 0 Å². The van der Waals surface area contributed by atoms with Crippen LogP contribution in [0.1, 0.15) is 86.5 Å². The third-order valence-corrected chi connectivity index (χ3v) is 7.06. The molecule has 4 rings (SSSR count). The van der Waals surface area contributed by atoms with E-state index in [1.807, 2.05) is 0 Å². The van der Waals surface area contributed by atoms with Crippen LogP contribution in [0.3, 0.4) is 0 Å². The zero-order valence-electron chi connectivity index (χ0n) is 18.4. The Morgan fingerprint density at radius 2 is 1.74 bits per heavy atom. The molecule has 3 heteroatoms. The van der Waals surface area contributed by atoms with E-state index in [2.05, 4.69) is 41.7 Å². The lowest BCUT2D eigenvalue weighted by Crippen LogP contribution is -2.28. The van der Waals surface area contributed by atoms with Crippen LogP contribution in [-0.2, 0) is 6.42 Å². The van der Waals surface area contributed by atoms with Gasteiger partial charge < -0.3 is 4.74 Å². The zero-order chi connectivity index (χ0) is 21.6. The maximum Gasteiger partial charge on any atom is 0.387 e. The number of fused-ring (bicyclic) bond motifs is 3. The second-order valence-electron chi connectivity index (χ2n) is 9.15. The number of rotatable bonds is 6. The van der Waals surface area contributed by atoms with Crippen molar-refractivity contribution in [3.8, 4) is 17.6 Å². The predicted molar refractivity (Wildman–Crippen MR) is 122 cm³/mol. The van der Waals surface area contributed by atoms with Crippen molar-refractivity contribution in [1.29, 1.82) is 0 Å². The average molecular weight is 423 g/mol. The standard InChI is InChI=1S/C28H32F2O/c1-2-3-4-5-21-10-16-26-23(18-21)12-13-24-19-22(11-17-27(24)26)7-6-20-8-14-25(15-9-20)31-28(29)30/h8-9,11,14-15,17,19,21,23,26,28H,2-5,10,12-13,16,18H2,1H3. The number of ether oxygens (including phenoxy) is 1. The molecule has 1 fully saturated rings. The molecular formula is C28H32F2O. The fourth-order valence-corrected chi connectivity index (χ4v) is 5.50. The molecule has 0 aliphatic heterocycles. The van der Waals surface area contributed by atoms with E-state index in [0.29, 0.717) is 0 Å². The largest absolute Gasteiger partial charge is 0.435 e. The summed E-state index contributed by atoms with van der Waals surface area (Å²) >= 11 is 0. The first kappa shape index (κ1) is 21.9. The molecule has 0 heterocycles. The summed E-state index contributed by atoms with van der Waals surface area (Å²) in [5.74, 6) is 9.07. The van der Waals surface area contributed by atoms with E-state index in [1.165, 1.54) is 69.1 Å². The molecule has 1 nitrogen and oxygen atoms in total. The van der Waals surface area contributed by atoms with Gasteiger partial charge in [0.2, 0.25) is 0 Å². The van der Waals surface area contributed by atoms with Gasteiger partial charge in [0.05, 0.1) is 0 Å². The molecule has 2 aromatic rings. The van der Waals surface area contributed by atoms with E-state index in [4.69, 9.17) is 0 Å². The highest BCUT2D eigenvalue weighted by Gasteiger charge is 2.34. The van der Waals surface area contributed by atoms with Crippen molar-refractivity contribution in [2.45, 2.75) is 77.2 Å². The van der Waals surface area contributed by atoms with E-state index in [1.54, 1.807) is 17.7 Å². The monoisotopic (exact) mass is 422 g/mol. The lowest BCUT2D eigenvalue weighted by Gasteiger charge is -2.40. The summed E-state index contributed by atoms with van der Waals surface area (Å²) in [6.45, 7) is -0.516. The minimum atomic E-state index is -2.80. The molecule has 2 aliphatic carbocycles. The quantitative estimate of drug-likeness (QED) is 0.342. The summed E-state index contributed by atoms with van der Waals surface area (Å²) in [6.07, 6.45) is 12.1. The van der Waals surface area contributed by atoms with Gasteiger partial charge >= 0.3 is 6.61 Å². The average Bonchev–Trinajstić information content (AvgIpc) is 2.78. The molecule has 0 radical (unpaired) electrons. The van der Waals surface area contributed by atoms with Crippen LogP contribution in [0.15, 0.2) is 42.5 Å². The van der Waals surface area contributed by atoms with E-state index < -0.39 is 6.61 Å². The smallest absolute Gasteiger partial charge is 0.387 e. The summed E-state index contributed by atoms with van der Waals surface area (Å²) in [7, 11) is 0. The molecule has 0 bridgehead atoms. The summed E-state index contributed by atoms with van der Waals surface area (Å²) < 4.78 is 28.9.